The molecule has 0 spiro atoms. The van der Waals surface area contributed by atoms with E-state index in [1.165, 1.54) is 0 Å². The van der Waals surface area contributed by atoms with Crippen molar-refractivity contribution >= 4 is 5.97 Å². The zero-order valence-electron chi connectivity index (χ0n) is 12.9. The molecular weight excluding hydrogens is 278 g/mol. The van der Waals surface area contributed by atoms with Gasteiger partial charge in [0, 0.05) is 12.6 Å². The smallest absolute Gasteiger partial charge is 0.335 e. The van der Waals surface area contributed by atoms with Gasteiger partial charge in [-0.3, -0.25) is 0 Å². The van der Waals surface area contributed by atoms with Gasteiger partial charge in [-0.1, -0.05) is 24.3 Å². The van der Waals surface area contributed by atoms with Crippen LogP contribution in [0.2, 0.25) is 0 Å². The Balaban J connectivity index is 1.95. The lowest BCUT2D eigenvalue weighted by Crippen LogP contribution is -2.18. The van der Waals surface area contributed by atoms with Gasteiger partial charge in [-0.05, 0) is 49.2 Å². The zero-order valence-corrected chi connectivity index (χ0v) is 12.9. The first-order valence-corrected chi connectivity index (χ1v) is 7.38. The minimum Gasteiger partial charge on any atom is -0.494 e. The van der Waals surface area contributed by atoms with Crippen LogP contribution in [0.15, 0.2) is 48.5 Å². The average molecular weight is 299 g/mol. The van der Waals surface area contributed by atoms with Gasteiger partial charge in [0.1, 0.15) is 5.75 Å². The van der Waals surface area contributed by atoms with Crippen LogP contribution in [0.1, 0.15) is 41.4 Å². The number of carboxylic acids is 1. The molecule has 0 saturated carbocycles. The Morgan fingerprint density at radius 3 is 2.59 bits per heavy atom. The van der Waals surface area contributed by atoms with E-state index in [9.17, 15) is 4.79 Å². The zero-order chi connectivity index (χ0) is 15.9. The first-order valence-electron chi connectivity index (χ1n) is 7.38. The topological polar surface area (TPSA) is 58.6 Å². The van der Waals surface area contributed by atoms with Gasteiger partial charge in [0.2, 0.25) is 0 Å². The molecule has 0 saturated heterocycles. The fourth-order valence-electron chi connectivity index (χ4n) is 2.19. The normalized spacial score (nSPS) is 11.9. The summed E-state index contributed by atoms with van der Waals surface area (Å²) in [6, 6.07) is 15.1. The quantitative estimate of drug-likeness (QED) is 0.819. The van der Waals surface area contributed by atoms with Crippen molar-refractivity contribution in [2.24, 2.45) is 0 Å². The van der Waals surface area contributed by atoms with Gasteiger partial charge < -0.3 is 15.2 Å². The molecule has 0 aliphatic rings. The number of nitrogens with one attached hydrogen (secondary N) is 1. The highest BCUT2D eigenvalue weighted by molar-refractivity contribution is 5.87. The first-order chi connectivity index (χ1) is 10.6. The summed E-state index contributed by atoms with van der Waals surface area (Å²) in [5.74, 6) is -0.0277. The Bertz CT molecular complexity index is 622. The fraction of sp³-hybridized carbons (Fsp3) is 0.278. The Kier molecular flexibility index (Phi) is 5.55. The number of hydrogen-bond acceptors (Lipinski definition) is 3. The van der Waals surface area contributed by atoms with Gasteiger partial charge in [0.15, 0.2) is 0 Å². The van der Waals surface area contributed by atoms with Crippen LogP contribution in [0.5, 0.6) is 5.75 Å². The third kappa shape index (κ3) is 4.33. The van der Waals surface area contributed by atoms with E-state index < -0.39 is 5.97 Å². The third-order valence-corrected chi connectivity index (χ3v) is 3.48. The third-order valence-electron chi connectivity index (χ3n) is 3.48. The SMILES string of the molecule is CCOc1cccc(C(C)NCc2ccc(C(=O)O)cc2)c1. The number of hydrogen-bond donors (Lipinski definition) is 2. The van der Waals surface area contributed by atoms with E-state index >= 15 is 0 Å². The summed E-state index contributed by atoms with van der Waals surface area (Å²) in [7, 11) is 0. The van der Waals surface area contributed by atoms with E-state index in [1.807, 2.05) is 37.3 Å². The Morgan fingerprint density at radius 2 is 1.95 bits per heavy atom. The van der Waals surface area contributed by atoms with E-state index in [1.54, 1.807) is 12.1 Å². The van der Waals surface area contributed by atoms with Gasteiger partial charge >= 0.3 is 5.97 Å². The predicted molar refractivity (Wildman–Crippen MR) is 86.3 cm³/mol. The lowest BCUT2D eigenvalue weighted by Gasteiger charge is -2.15. The summed E-state index contributed by atoms with van der Waals surface area (Å²) in [5.41, 5.74) is 2.52. The molecule has 0 heterocycles. The molecule has 4 nitrogen and oxygen atoms in total. The summed E-state index contributed by atoms with van der Waals surface area (Å²) in [5, 5.41) is 12.3. The van der Waals surface area contributed by atoms with Gasteiger partial charge in [-0.2, -0.15) is 0 Å². The van der Waals surface area contributed by atoms with E-state index in [0.717, 1.165) is 16.9 Å². The molecule has 1 atom stereocenters. The summed E-state index contributed by atoms with van der Waals surface area (Å²) in [4.78, 5) is 10.8. The number of benzene rings is 2. The lowest BCUT2D eigenvalue weighted by atomic mass is 10.1. The van der Waals surface area contributed by atoms with E-state index in [4.69, 9.17) is 9.84 Å². The average Bonchev–Trinajstić information content (AvgIpc) is 2.53. The van der Waals surface area contributed by atoms with Crippen molar-refractivity contribution in [2.45, 2.75) is 26.4 Å². The Morgan fingerprint density at radius 1 is 1.23 bits per heavy atom. The van der Waals surface area contributed by atoms with Gasteiger partial charge in [-0.25, -0.2) is 4.79 Å². The van der Waals surface area contributed by atoms with Crippen molar-refractivity contribution in [3.05, 3.63) is 65.2 Å². The molecule has 0 bridgehead atoms. The van der Waals surface area contributed by atoms with Crippen LogP contribution in [0.25, 0.3) is 0 Å². The minimum atomic E-state index is -0.902. The molecule has 22 heavy (non-hydrogen) atoms. The summed E-state index contributed by atoms with van der Waals surface area (Å²) in [6.45, 7) is 5.40. The van der Waals surface area contributed by atoms with Crippen molar-refractivity contribution in [3.63, 3.8) is 0 Å². The van der Waals surface area contributed by atoms with Crippen LogP contribution in [0.3, 0.4) is 0 Å². The maximum atomic E-state index is 10.8. The van der Waals surface area contributed by atoms with Crippen molar-refractivity contribution in [1.29, 1.82) is 0 Å². The molecule has 0 amide bonds. The molecule has 116 valence electrons. The minimum absolute atomic E-state index is 0.180. The number of rotatable bonds is 7. The second kappa shape index (κ2) is 7.61. The second-order valence-electron chi connectivity index (χ2n) is 5.11. The molecule has 2 aromatic carbocycles. The highest BCUT2D eigenvalue weighted by Crippen LogP contribution is 2.19. The molecule has 0 aliphatic carbocycles. The maximum absolute atomic E-state index is 10.8. The lowest BCUT2D eigenvalue weighted by molar-refractivity contribution is 0.0697. The maximum Gasteiger partial charge on any atom is 0.335 e. The molecule has 2 rings (SSSR count). The number of carboxylic acid groups (broad SMARTS) is 1. The van der Waals surface area contributed by atoms with Crippen molar-refractivity contribution < 1.29 is 14.6 Å². The van der Waals surface area contributed by atoms with E-state index in [2.05, 4.69) is 18.3 Å². The van der Waals surface area contributed by atoms with Crippen molar-refractivity contribution in [3.8, 4) is 5.75 Å². The monoisotopic (exact) mass is 299 g/mol. The summed E-state index contributed by atoms with van der Waals surface area (Å²) < 4.78 is 5.51. The predicted octanol–water partition coefficient (Wildman–Crippen LogP) is 3.63. The molecule has 0 aliphatic heterocycles. The molecule has 0 fully saturated rings. The first kappa shape index (κ1) is 16.0. The van der Waals surface area contributed by atoms with Crippen molar-refractivity contribution in [1.82, 2.24) is 5.32 Å². The molecule has 1 unspecified atom stereocenters. The van der Waals surface area contributed by atoms with Gasteiger partial charge in [-0.15, -0.1) is 0 Å². The summed E-state index contributed by atoms with van der Waals surface area (Å²) in [6.07, 6.45) is 0. The van der Waals surface area contributed by atoms with Crippen LogP contribution < -0.4 is 10.1 Å². The van der Waals surface area contributed by atoms with E-state index in [-0.39, 0.29) is 6.04 Å². The second-order valence-corrected chi connectivity index (χ2v) is 5.11. The molecule has 0 radical (unpaired) electrons. The largest absolute Gasteiger partial charge is 0.494 e. The highest BCUT2D eigenvalue weighted by atomic mass is 16.5. The van der Waals surface area contributed by atoms with Crippen LogP contribution in [0.4, 0.5) is 0 Å². The Hall–Kier alpha value is -2.33. The van der Waals surface area contributed by atoms with Crippen LogP contribution >= 0.6 is 0 Å². The molecular formula is C18H21NO3. The summed E-state index contributed by atoms with van der Waals surface area (Å²) >= 11 is 0. The highest BCUT2D eigenvalue weighted by Gasteiger charge is 2.07. The fourth-order valence-corrected chi connectivity index (χ4v) is 2.19. The van der Waals surface area contributed by atoms with E-state index in [0.29, 0.717) is 18.7 Å². The van der Waals surface area contributed by atoms with Crippen LogP contribution in [0, 0.1) is 0 Å². The number of aromatic carboxylic acids is 1. The molecule has 2 aromatic rings. The van der Waals surface area contributed by atoms with Gasteiger partial charge in [0.05, 0.1) is 12.2 Å². The van der Waals surface area contributed by atoms with Crippen LogP contribution in [-0.4, -0.2) is 17.7 Å². The van der Waals surface area contributed by atoms with Crippen molar-refractivity contribution in [2.75, 3.05) is 6.61 Å². The number of ether oxygens (including phenoxy) is 1. The Labute approximate surface area is 130 Å². The number of carbonyl (C=O) groups is 1. The molecule has 0 aromatic heterocycles. The molecule has 2 N–H and O–H groups in total. The van der Waals surface area contributed by atoms with Gasteiger partial charge in [0.25, 0.3) is 0 Å². The van der Waals surface area contributed by atoms with Crippen LogP contribution in [-0.2, 0) is 6.54 Å². The standard InChI is InChI=1S/C18H21NO3/c1-3-22-17-6-4-5-16(11-17)13(2)19-12-14-7-9-15(10-8-14)18(20)21/h4-11,13,19H,3,12H2,1-2H3,(H,20,21). The molecule has 4 heteroatoms.